The molecule has 0 amide bonds. The molecule has 1 saturated carbocycles. The molecule has 1 atom stereocenters. The summed E-state index contributed by atoms with van der Waals surface area (Å²) in [6.07, 6.45) is 3.67. The quantitative estimate of drug-likeness (QED) is 0.656. The Morgan fingerprint density at radius 2 is 2.24 bits per heavy atom. The lowest BCUT2D eigenvalue weighted by Gasteiger charge is -2.32. The van der Waals surface area contributed by atoms with Crippen molar-refractivity contribution < 1.29 is 4.92 Å². The zero-order valence-corrected chi connectivity index (χ0v) is 10.4. The van der Waals surface area contributed by atoms with Crippen LogP contribution in [0.5, 0.6) is 0 Å². The Bertz CT molecular complexity index is 433. The first-order valence-electron chi connectivity index (χ1n) is 5.78. The van der Waals surface area contributed by atoms with Crippen molar-refractivity contribution in [3.05, 3.63) is 33.3 Å². The molecule has 92 valence electrons. The molecule has 17 heavy (non-hydrogen) atoms. The van der Waals surface area contributed by atoms with E-state index < -0.39 is 4.92 Å². The molecule has 1 aromatic rings. The van der Waals surface area contributed by atoms with Gasteiger partial charge in [-0.05, 0) is 37.8 Å². The summed E-state index contributed by atoms with van der Waals surface area (Å²) < 4.78 is 0. The van der Waals surface area contributed by atoms with Crippen molar-refractivity contribution in [3.63, 3.8) is 0 Å². The fourth-order valence-corrected chi connectivity index (χ4v) is 2.25. The Morgan fingerprint density at radius 1 is 1.53 bits per heavy atom. The summed E-state index contributed by atoms with van der Waals surface area (Å²) in [4.78, 5) is 10.5. The number of rotatable bonds is 4. The van der Waals surface area contributed by atoms with E-state index in [0.29, 0.717) is 16.6 Å². The average molecular weight is 255 g/mol. The van der Waals surface area contributed by atoms with Gasteiger partial charge in [-0.15, -0.1) is 0 Å². The predicted octanol–water partition coefficient (Wildman–Crippen LogP) is 3.85. The first kappa shape index (κ1) is 12.2. The highest BCUT2D eigenvalue weighted by atomic mass is 35.5. The van der Waals surface area contributed by atoms with Crippen LogP contribution in [0.2, 0.25) is 5.02 Å². The molecule has 4 nitrogen and oxygen atoms in total. The summed E-state index contributed by atoms with van der Waals surface area (Å²) in [5, 5.41) is 14.5. The van der Waals surface area contributed by atoms with Gasteiger partial charge in [-0.3, -0.25) is 10.1 Å². The highest BCUT2D eigenvalue weighted by Gasteiger charge is 2.25. The molecule has 0 heterocycles. The van der Waals surface area contributed by atoms with Gasteiger partial charge in [0.2, 0.25) is 0 Å². The highest BCUT2D eigenvalue weighted by Crippen LogP contribution is 2.34. The van der Waals surface area contributed by atoms with E-state index in [0.717, 1.165) is 0 Å². The fraction of sp³-hybridized carbons (Fsp3) is 0.500. The Balaban J connectivity index is 2.16. The summed E-state index contributed by atoms with van der Waals surface area (Å²) in [5.74, 6) is 0.630. The minimum Gasteiger partial charge on any atom is -0.377 e. The maximum absolute atomic E-state index is 10.9. The molecule has 1 aliphatic rings. The monoisotopic (exact) mass is 254 g/mol. The molecule has 0 aromatic heterocycles. The molecule has 1 fully saturated rings. The van der Waals surface area contributed by atoms with Crippen molar-refractivity contribution in [3.8, 4) is 0 Å². The number of nitrogens with zero attached hydrogens (tertiary/aromatic N) is 1. The van der Waals surface area contributed by atoms with Gasteiger partial charge in [-0.1, -0.05) is 18.0 Å². The standard InChI is InChI=1S/C12H15ClN2O2/c1-8(9-3-2-4-9)14-11-6-5-10(13)7-12(11)15(16)17/h5-9,14H,2-4H2,1H3. The maximum atomic E-state index is 10.9. The molecular formula is C12H15ClN2O2. The van der Waals surface area contributed by atoms with Gasteiger partial charge in [0, 0.05) is 17.1 Å². The number of nitrogens with one attached hydrogen (secondary N) is 1. The number of anilines is 1. The van der Waals surface area contributed by atoms with E-state index in [-0.39, 0.29) is 11.7 Å². The minimum atomic E-state index is -0.401. The zero-order chi connectivity index (χ0) is 12.4. The molecule has 0 radical (unpaired) electrons. The largest absolute Gasteiger partial charge is 0.377 e. The third-order valence-corrected chi connectivity index (χ3v) is 3.63. The van der Waals surface area contributed by atoms with Crippen molar-refractivity contribution in [1.82, 2.24) is 0 Å². The van der Waals surface area contributed by atoms with Crippen molar-refractivity contribution >= 4 is 23.0 Å². The molecule has 0 saturated heterocycles. The van der Waals surface area contributed by atoms with E-state index in [1.807, 2.05) is 0 Å². The number of hydrogen-bond acceptors (Lipinski definition) is 3. The van der Waals surface area contributed by atoms with E-state index in [1.54, 1.807) is 12.1 Å². The maximum Gasteiger partial charge on any atom is 0.293 e. The molecule has 5 heteroatoms. The molecule has 0 aliphatic heterocycles. The normalized spacial score (nSPS) is 17.3. The molecule has 1 unspecified atom stereocenters. The molecule has 1 N–H and O–H groups in total. The van der Waals surface area contributed by atoms with Crippen LogP contribution in [-0.4, -0.2) is 11.0 Å². The van der Waals surface area contributed by atoms with Crippen molar-refractivity contribution in [2.75, 3.05) is 5.32 Å². The van der Waals surface area contributed by atoms with Gasteiger partial charge in [-0.2, -0.15) is 0 Å². The van der Waals surface area contributed by atoms with Gasteiger partial charge >= 0.3 is 0 Å². The zero-order valence-electron chi connectivity index (χ0n) is 9.65. The van der Waals surface area contributed by atoms with Crippen molar-refractivity contribution in [1.29, 1.82) is 0 Å². The van der Waals surface area contributed by atoms with Gasteiger partial charge < -0.3 is 5.32 Å². The number of benzene rings is 1. The van der Waals surface area contributed by atoms with Crippen LogP contribution >= 0.6 is 11.6 Å². The van der Waals surface area contributed by atoms with E-state index in [2.05, 4.69) is 12.2 Å². The highest BCUT2D eigenvalue weighted by molar-refractivity contribution is 6.30. The second-order valence-corrected chi connectivity index (χ2v) is 4.98. The SMILES string of the molecule is CC(Nc1ccc(Cl)cc1[N+](=O)[O-])C1CCC1. The molecule has 1 aliphatic carbocycles. The lowest BCUT2D eigenvalue weighted by molar-refractivity contribution is -0.384. The van der Waals surface area contributed by atoms with Gasteiger partial charge in [0.1, 0.15) is 5.69 Å². The second-order valence-electron chi connectivity index (χ2n) is 4.54. The summed E-state index contributed by atoms with van der Waals surface area (Å²) in [5.41, 5.74) is 0.600. The summed E-state index contributed by atoms with van der Waals surface area (Å²) in [6.45, 7) is 2.07. The Labute approximate surface area is 105 Å². The summed E-state index contributed by atoms with van der Waals surface area (Å²) in [7, 11) is 0. The van der Waals surface area contributed by atoms with Crippen molar-refractivity contribution in [2.45, 2.75) is 32.2 Å². The Kier molecular flexibility index (Phi) is 3.52. The summed E-state index contributed by atoms with van der Waals surface area (Å²) in [6, 6.07) is 5.00. The van der Waals surface area contributed by atoms with Crippen LogP contribution in [0.1, 0.15) is 26.2 Å². The van der Waals surface area contributed by atoms with Crippen molar-refractivity contribution in [2.24, 2.45) is 5.92 Å². The van der Waals surface area contributed by atoms with Gasteiger partial charge in [-0.25, -0.2) is 0 Å². The molecule has 0 bridgehead atoms. The summed E-state index contributed by atoms with van der Waals surface area (Å²) >= 11 is 5.77. The van der Waals surface area contributed by atoms with Crippen LogP contribution in [-0.2, 0) is 0 Å². The minimum absolute atomic E-state index is 0.0451. The number of halogens is 1. The fourth-order valence-electron chi connectivity index (χ4n) is 2.08. The second kappa shape index (κ2) is 4.92. The van der Waals surface area contributed by atoms with Gasteiger partial charge in [0.25, 0.3) is 5.69 Å². The van der Waals surface area contributed by atoms with E-state index in [1.165, 1.54) is 25.3 Å². The average Bonchev–Trinajstić information content (AvgIpc) is 2.17. The van der Waals surface area contributed by atoms with E-state index >= 15 is 0 Å². The van der Waals surface area contributed by atoms with E-state index in [4.69, 9.17) is 11.6 Å². The Hall–Kier alpha value is -1.29. The van der Waals surface area contributed by atoms with Gasteiger partial charge in [0.15, 0.2) is 0 Å². The first-order chi connectivity index (χ1) is 8.08. The smallest absolute Gasteiger partial charge is 0.293 e. The lowest BCUT2D eigenvalue weighted by atomic mass is 9.80. The Morgan fingerprint density at radius 3 is 2.76 bits per heavy atom. The van der Waals surface area contributed by atoms with Crippen LogP contribution in [0.15, 0.2) is 18.2 Å². The van der Waals surface area contributed by atoms with Crippen LogP contribution in [0.3, 0.4) is 0 Å². The predicted molar refractivity (Wildman–Crippen MR) is 68.5 cm³/mol. The molecule has 2 rings (SSSR count). The third-order valence-electron chi connectivity index (χ3n) is 3.40. The molecule has 1 aromatic carbocycles. The van der Waals surface area contributed by atoms with Gasteiger partial charge in [0.05, 0.1) is 4.92 Å². The van der Waals surface area contributed by atoms with E-state index in [9.17, 15) is 10.1 Å². The van der Waals surface area contributed by atoms with Crippen LogP contribution in [0.25, 0.3) is 0 Å². The number of nitro benzene ring substituents is 1. The lowest BCUT2D eigenvalue weighted by Crippen LogP contribution is -2.31. The van der Waals surface area contributed by atoms with Crippen LogP contribution < -0.4 is 5.32 Å². The number of nitro groups is 1. The molecule has 0 spiro atoms. The first-order valence-corrected chi connectivity index (χ1v) is 6.16. The third kappa shape index (κ3) is 2.69. The van der Waals surface area contributed by atoms with Crippen LogP contribution in [0.4, 0.5) is 11.4 Å². The van der Waals surface area contributed by atoms with Crippen LogP contribution in [0, 0.1) is 16.0 Å². The topological polar surface area (TPSA) is 55.2 Å². The number of hydrogen-bond donors (Lipinski definition) is 1. The molecular weight excluding hydrogens is 240 g/mol.